The third-order valence-electron chi connectivity index (χ3n) is 3.35. The van der Waals surface area contributed by atoms with E-state index in [0.29, 0.717) is 12.8 Å². The highest BCUT2D eigenvalue weighted by Gasteiger charge is 2.29. The van der Waals surface area contributed by atoms with Gasteiger partial charge < -0.3 is 15.0 Å². The number of nitrogens with one attached hydrogen (secondary N) is 1. The first-order chi connectivity index (χ1) is 8.33. The third kappa shape index (κ3) is 2.88. The van der Waals surface area contributed by atoms with E-state index in [1.54, 1.807) is 0 Å². The number of carbonyl (C=O) groups excluding carboxylic acids is 1. The van der Waals surface area contributed by atoms with Crippen LogP contribution in [-0.2, 0) is 4.79 Å². The number of H-pyrrole nitrogens is 1. The summed E-state index contributed by atoms with van der Waals surface area (Å²) in [6.45, 7) is 1.04. The molecule has 17 heavy (non-hydrogen) atoms. The van der Waals surface area contributed by atoms with E-state index in [1.165, 1.54) is 0 Å². The summed E-state index contributed by atoms with van der Waals surface area (Å²) < 4.78 is 0. The average molecular weight is 236 g/mol. The van der Waals surface area contributed by atoms with Crippen molar-refractivity contribution >= 4 is 5.91 Å². The molecule has 1 unspecified atom stereocenters. The molecule has 4 nitrogen and oxygen atoms in total. The summed E-state index contributed by atoms with van der Waals surface area (Å²) in [5.41, 5.74) is 1.14. The van der Waals surface area contributed by atoms with Crippen LogP contribution in [0.3, 0.4) is 0 Å². The predicted octanol–water partition coefficient (Wildman–Crippen LogP) is 1.84. The Morgan fingerprint density at radius 3 is 3.12 bits per heavy atom. The lowest BCUT2D eigenvalue weighted by Crippen LogP contribution is -2.30. The average Bonchev–Trinajstić information content (AvgIpc) is 2.99. The van der Waals surface area contributed by atoms with Crippen molar-refractivity contribution < 1.29 is 9.90 Å². The van der Waals surface area contributed by atoms with Gasteiger partial charge in [0.1, 0.15) is 0 Å². The number of hydrogen-bond donors (Lipinski definition) is 2. The van der Waals surface area contributed by atoms with E-state index < -0.39 is 0 Å². The van der Waals surface area contributed by atoms with Gasteiger partial charge in [-0.15, -0.1) is 0 Å². The summed E-state index contributed by atoms with van der Waals surface area (Å²) in [7, 11) is 0. The summed E-state index contributed by atoms with van der Waals surface area (Å²) in [5, 5.41) is 8.72. The SMILES string of the molecule is O=C(CCCCO)N1CCCC1c1ccc[nH]1. The Morgan fingerprint density at radius 1 is 1.53 bits per heavy atom. The van der Waals surface area contributed by atoms with Gasteiger partial charge in [0.15, 0.2) is 0 Å². The van der Waals surface area contributed by atoms with Crippen LogP contribution in [-0.4, -0.2) is 34.0 Å². The van der Waals surface area contributed by atoms with Gasteiger partial charge in [-0.2, -0.15) is 0 Å². The number of aromatic nitrogens is 1. The predicted molar refractivity (Wildman–Crippen MR) is 65.4 cm³/mol. The highest BCUT2D eigenvalue weighted by molar-refractivity contribution is 5.76. The molecule has 0 bridgehead atoms. The summed E-state index contributed by atoms with van der Waals surface area (Å²) in [6.07, 6.45) is 6.08. The maximum absolute atomic E-state index is 12.1. The molecule has 1 saturated heterocycles. The number of carbonyl (C=O) groups is 1. The fourth-order valence-electron chi connectivity index (χ4n) is 2.47. The molecule has 1 atom stereocenters. The highest BCUT2D eigenvalue weighted by atomic mass is 16.3. The van der Waals surface area contributed by atoms with Gasteiger partial charge in [0.25, 0.3) is 0 Å². The van der Waals surface area contributed by atoms with Crippen LogP contribution in [0.25, 0.3) is 0 Å². The molecule has 0 aliphatic carbocycles. The fraction of sp³-hybridized carbons (Fsp3) is 0.615. The van der Waals surface area contributed by atoms with Crippen LogP contribution in [0.15, 0.2) is 18.3 Å². The van der Waals surface area contributed by atoms with Crippen LogP contribution < -0.4 is 0 Å². The Hall–Kier alpha value is -1.29. The molecule has 1 aliphatic rings. The number of unbranched alkanes of at least 4 members (excludes halogenated alkanes) is 1. The van der Waals surface area contributed by atoms with Crippen LogP contribution in [0.5, 0.6) is 0 Å². The topological polar surface area (TPSA) is 56.3 Å². The number of hydrogen-bond acceptors (Lipinski definition) is 2. The molecular formula is C13H20N2O2. The van der Waals surface area contributed by atoms with Crippen LogP contribution in [0.4, 0.5) is 0 Å². The van der Waals surface area contributed by atoms with E-state index in [1.807, 2.05) is 23.2 Å². The number of rotatable bonds is 5. The third-order valence-corrected chi connectivity index (χ3v) is 3.35. The number of aliphatic hydroxyl groups is 1. The van der Waals surface area contributed by atoms with Gasteiger partial charge in [-0.3, -0.25) is 4.79 Å². The Bertz CT molecular complexity index is 348. The molecule has 1 aliphatic heterocycles. The summed E-state index contributed by atoms with van der Waals surface area (Å²) in [5.74, 6) is 0.218. The van der Waals surface area contributed by atoms with Crippen molar-refractivity contribution in [3.8, 4) is 0 Å². The molecule has 1 fully saturated rings. The minimum atomic E-state index is 0.174. The number of nitrogens with zero attached hydrogens (tertiary/aromatic N) is 1. The van der Waals surface area contributed by atoms with Crippen LogP contribution in [0.2, 0.25) is 0 Å². The van der Waals surface area contributed by atoms with Gasteiger partial charge >= 0.3 is 0 Å². The van der Waals surface area contributed by atoms with Crippen LogP contribution in [0, 0.1) is 0 Å². The van der Waals surface area contributed by atoms with E-state index in [0.717, 1.165) is 31.5 Å². The molecule has 1 aromatic heterocycles. The normalized spacial score (nSPS) is 19.8. The van der Waals surface area contributed by atoms with Crippen LogP contribution >= 0.6 is 0 Å². The molecule has 1 amide bonds. The second-order valence-electron chi connectivity index (χ2n) is 4.55. The standard InChI is InChI=1S/C13H20N2O2/c16-10-2-1-7-13(17)15-9-4-6-12(15)11-5-3-8-14-11/h3,5,8,12,14,16H,1-2,4,6-7,9-10H2. The maximum Gasteiger partial charge on any atom is 0.223 e. The molecular weight excluding hydrogens is 216 g/mol. The van der Waals surface area contributed by atoms with Crippen molar-refractivity contribution in [2.45, 2.75) is 38.1 Å². The molecule has 0 saturated carbocycles. The fourth-order valence-corrected chi connectivity index (χ4v) is 2.47. The second-order valence-corrected chi connectivity index (χ2v) is 4.55. The molecule has 94 valence electrons. The molecule has 0 aromatic carbocycles. The quantitative estimate of drug-likeness (QED) is 0.766. The first-order valence-corrected chi connectivity index (χ1v) is 6.36. The van der Waals surface area contributed by atoms with Gasteiger partial charge in [-0.25, -0.2) is 0 Å². The molecule has 4 heteroatoms. The van der Waals surface area contributed by atoms with Gasteiger partial charge in [0.05, 0.1) is 6.04 Å². The summed E-state index contributed by atoms with van der Waals surface area (Å²) in [6, 6.07) is 4.25. The molecule has 0 radical (unpaired) electrons. The Morgan fingerprint density at radius 2 is 2.41 bits per heavy atom. The number of aliphatic hydroxyl groups excluding tert-OH is 1. The minimum Gasteiger partial charge on any atom is -0.396 e. The van der Waals surface area contributed by atoms with Gasteiger partial charge in [0, 0.05) is 31.5 Å². The van der Waals surface area contributed by atoms with Gasteiger partial charge in [-0.1, -0.05) is 0 Å². The Balaban J connectivity index is 1.93. The van der Waals surface area contributed by atoms with Crippen molar-refractivity contribution in [3.05, 3.63) is 24.0 Å². The van der Waals surface area contributed by atoms with Gasteiger partial charge in [0.2, 0.25) is 5.91 Å². The lowest BCUT2D eigenvalue weighted by Gasteiger charge is -2.24. The highest BCUT2D eigenvalue weighted by Crippen LogP contribution is 2.31. The van der Waals surface area contributed by atoms with E-state index in [-0.39, 0.29) is 18.6 Å². The second kappa shape index (κ2) is 5.87. The van der Waals surface area contributed by atoms with Crippen molar-refractivity contribution in [1.29, 1.82) is 0 Å². The van der Waals surface area contributed by atoms with E-state index >= 15 is 0 Å². The van der Waals surface area contributed by atoms with Gasteiger partial charge in [-0.05, 0) is 37.8 Å². The largest absolute Gasteiger partial charge is 0.396 e. The lowest BCUT2D eigenvalue weighted by atomic mass is 10.1. The monoisotopic (exact) mass is 236 g/mol. The molecule has 2 N–H and O–H groups in total. The van der Waals surface area contributed by atoms with Crippen molar-refractivity contribution in [3.63, 3.8) is 0 Å². The Kier molecular flexibility index (Phi) is 4.20. The number of aromatic amines is 1. The molecule has 1 aromatic rings. The van der Waals surface area contributed by atoms with E-state index in [2.05, 4.69) is 4.98 Å². The molecule has 2 heterocycles. The maximum atomic E-state index is 12.1. The van der Waals surface area contributed by atoms with Crippen LogP contribution in [0.1, 0.15) is 43.8 Å². The lowest BCUT2D eigenvalue weighted by molar-refractivity contribution is -0.132. The number of likely N-dealkylation sites (tertiary alicyclic amines) is 1. The zero-order chi connectivity index (χ0) is 12.1. The summed E-state index contributed by atoms with van der Waals surface area (Å²) >= 11 is 0. The smallest absolute Gasteiger partial charge is 0.223 e. The van der Waals surface area contributed by atoms with Crippen molar-refractivity contribution in [2.24, 2.45) is 0 Å². The number of amides is 1. The van der Waals surface area contributed by atoms with E-state index in [9.17, 15) is 4.79 Å². The minimum absolute atomic E-state index is 0.174. The summed E-state index contributed by atoms with van der Waals surface area (Å²) in [4.78, 5) is 17.2. The first kappa shape index (κ1) is 12.2. The molecule has 2 rings (SSSR count). The zero-order valence-corrected chi connectivity index (χ0v) is 10.1. The van der Waals surface area contributed by atoms with E-state index in [4.69, 9.17) is 5.11 Å². The zero-order valence-electron chi connectivity index (χ0n) is 10.1. The first-order valence-electron chi connectivity index (χ1n) is 6.36. The van der Waals surface area contributed by atoms with Crippen molar-refractivity contribution in [2.75, 3.05) is 13.2 Å². The molecule has 0 spiro atoms. The Labute approximate surface area is 102 Å². The van der Waals surface area contributed by atoms with Crippen molar-refractivity contribution in [1.82, 2.24) is 9.88 Å².